The van der Waals surface area contributed by atoms with Crippen LogP contribution in [0.2, 0.25) is 0 Å². The Morgan fingerprint density at radius 3 is 2.65 bits per heavy atom. The number of nitrogens with one attached hydrogen (secondary N) is 1. The molecule has 0 radical (unpaired) electrons. The van der Waals surface area contributed by atoms with Crippen molar-refractivity contribution in [1.82, 2.24) is 5.32 Å². The first-order chi connectivity index (χ1) is 8.36. The highest BCUT2D eigenvalue weighted by atomic mass is 32.1. The topological polar surface area (TPSA) is 12.0 Å². The van der Waals surface area contributed by atoms with Crippen molar-refractivity contribution in [2.45, 2.75) is 64.8 Å². The van der Waals surface area contributed by atoms with Gasteiger partial charge in [0, 0.05) is 10.9 Å². The normalized spacial score (nSPS) is 12.8. The maximum absolute atomic E-state index is 3.62. The molecule has 1 aromatic rings. The van der Waals surface area contributed by atoms with Crippen LogP contribution in [0.4, 0.5) is 0 Å². The van der Waals surface area contributed by atoms with Crippen LogP contribution in [-0.4, -0.2) is 12.6 Å². The Bertz CT molecular complexity index is 256. The predicted molar refractivity (Wildman–Crippen MR) is 78.9 cm³/mol. The summed E-state index contributed by atoms with van der Waals surface area (Å²) in [5.74, 6) is 0. The lowest BCUT2D eigenvalue weighted by atomic mass is 10.0. The van der Waals surface area contributed by atoms with E-state index in [-0.39, 0.29) is 0 Å². The van der Waals surface area contributed by atoms with Gasteiger partial charge in [0.15, 0.2) is 0 Å². The molecule has 1 rings (SSSR count). The number of likely N-dealkylation sites (N-methyl/N-ethyl adjacent to an activating group) is 1. The van der Waals surface area contributed by atoms with E-state index >= 15 is 0 Å². The number of thiophene rings is 1. The standard InChI is InChI=1S/C15H27NS/c1-3-5-6-7-8-10-14(16-4-2)13-15-11-9-12-17-15/h9,11-12,14,16H,3-8,10,13H2,1-2H3. The van der Waals surface area contributed by atoms with Gasteiger partial charge in [0.2, 0.25) is 0 Å². The summed E-state index contributed by atoms with van der Waals surface area (Å²) in [6.07, 6.45) is 9.47. The maximum Gasteiger partial charge on any atom is 0.0115 e. The van der Waals surface area contributed by atoms with Gasteiger partial charge >= 0.3 is 0 Å². The summed E-state index contributed by atoms with van der Waals surface area (Å²) in [6, 6.07) is 5.09. The Labute approximate surface area is 111 Å². The van der Waals surface area contributed by atoms with Gasteiger partial charge < -0.3 is 5.32 Å². The molecule has 0 bridgehead atoms. The van der Waals surface area contributed by atoms with Crippen molar-refractivity contribution in [3.63, 3.8) is 0 Å². The van der Waals surface area contributed by atoms with Crippen molar-refractivity contribution in [2.75, 3.05) is 6.54 Å². The van der Waals surface area contributed by atoms with E-state index in [0.29, 0.717) is 6.04 Å². The van der Waals surface area contributed by atoms with Crippen LogP contribution >= 0.6 is 11.3 Å². The third kappa shape index (κ3) is 6.85. The summed E-state index contributed by atoms with van der Waals surface area (Å²) in [4.78, 5) is 1.52. The van der Waals surface area contributed by atoms with Gasteiger partial charge in [-0.25, -0.2) is 0 Å². The highest BCUT2D eigenvalue weighted by molar-refractivity contribution is 7.09. The van der Waals surface area contributed by atoms with Crippen LogP contribution < -0.4 is 5.32 Å². The van der Waals surface area contributed by atoms with Gasteiger partial charge in [-0.2, -0.15) is 0 Å². The van der Waals surface area contributed by atoms with Crippen LogP contribution in [-0.2, 0) is 6.42 Å². The zero-order valence-electron chi connectivity index (χ0n) is 11.4. The van der Waals surface area contributed by atoms with Crippen molar-refractivity contribution >= 4 is 11.3 Å². The lowest BCUT2D eigenvalue weighted by Gasteiger charge is -2.16. The van der Waals surface area contributed by atoms with Crippen LogP contribution in [0.5, 0.6) is 0 Å². The number of hydrogen-bond donors (Lipinski definition) is 1. The molecule has 1 atom stereocenters. The number of unbranched alkanes of at least 4 members (excludes halogenated alkanes) is 4. The third-order valence-corrected chi connectivity index (χ3v) is 4.08. The average Bonchev–Trinajstić information content (AvgIpc) is 2.82. The molecule has 0 aliphatic carbocycles. The zero-order chi connectivity index (χ0) is 12.3. The second kappa shape index (κ2) is 9.67. The Morgan fingerprint density at radius 2 is 2.00 bits per heavy atom. The van der Waals surface area contributed by atoms with E-state index in [0.717, 1.165) is 6.54 Å². The summed E-state index contributed by atoms with van der Waals surface area (Å²) in [5, 5.41) is 5.80. The molecule has 1 unspecified atom stereocenters. The van der Waals surface area contributed by atoms with E-state index in [2.05, 4.69) is 36.7 Å². The van der Waals surface area contributed by atoms with Gasteiger partial charge in [-0.05, 0) is 30.8 Å². The van der Waals surface area contributed by atoms with Crippen molar-refractivity contribution in [2.24, 2.45) is 0 Å². The van der Waals surface area contributed by atoms with Gasteiger partial charge in [0.1, 0.15) is 0 Å². The van der Waals surface area contributed by atoms with Crippen LogP contribution in [0.25, 0.3) is 0 Å². The lowest BCUT2D eigenvalue weighted by molar-refractivity contribution is 0.463. The first-order valence-electron chi connectivity index (χ1n) is 7.12. The molecule has 2 heteroatoms. The molecule has 0 saturated carbocycles. The molecule has 1 heterocycles. The van der Waals surface area contributed by atoms with Crippen LogP contribution in [0.3, 0.4) is 0 Å². The predicted octanol–water partition coefficient (Wildman–Crippen LogP) is 4.63. The minimum absolute atomic E-state index is 0.681. The molecule has 1 nitrogen and oxygen atoms in total. The molecule has 1 aromatic heterocycles. The van der Waals surface area contributed by atoms with Crippen LogP contribution in [0.1, 0.15) is 57.2 Å². The fourth-order valence-corrected chi connectivity index (χ4v) is 3.02. The second-order valence-electron chi connectivity index (χ2n) is 4.74. The third-order valence-electron chi connectivity index (χ3n) is 3.18. The molecule has 0 spiro atoms. The lowest BCUT2D eigenvalue weighted by Crippen LogP contribution is -2.30. The van der Waals surface area contributed by atoms with Gasteiger partial charge in [-0.3, -0.25) is 0 Å². The van der Waals surface area contributed by atoms with Gasteiger partial charge in [0.05, 0.1) is 0 Å². The fourth-order valence-electron chi connectivity index (χ4n) is 2.23. The largest absolute Gasteiger partial charge is 0.314 e. The summed E-state index contributed by atoms with van der Waals surface area (Å²) in [6.45, 7) is 5.57. The Morgan fingerprint density at radius 1 is 1.18 bits per heavy atom. The van der Waals surface area contributed by atoms with E-state index in [9.17, 15) is 0 Å². The molecule has 0 aromatic carbocycles. The second-order valence-corrected chi connectivity index (χ2v) is 5.77. The molecule has 17 heavy (non-hydrogen) atoms. The summed E-state index contributed by atoms with van der Waals surface area (Å²) in [5.41, 5.74) is 0. The molecular weight excluding hydrogens is 226 g/mol. The summed E-state index contributed by atoms with van der Waals surface area (Å²) >= 11 is 1.88. The SMILES string of the molecule is CCCCCCCC(Cc1cccs1)NCC. The minimum Gasteiger partial charge on any atom is -0.314 e. The Hall–Kier alpha value is -0.340. The average molecular weight is 253 g/mol. The fraction of sp³-hybridized carbons (Fsp3) is 0.733. The Balaban J connectivity index is 2.18. The Kier molecular flexibility index (Phi) is 8.37. The molecule has 0 amide bonds. The number of hydrogen-bond acceptors (Lipinski definition) is 2. The first kappa shape index (κ1) is 14.7. The minimum atomic E-state index is 0.681. The van der Waals surface area contributed by atoms with E-state index in [1.807, 2.05) is 11.3 Å². The number of rotatable bonds is 10. The molecule has 0 fully saturated rings. The molecule has 0 saturated heterocycles. The van der Waals surface area contributed by atoms with E-state index in [4.69, 9.17) is 0 Å². The summed E-state index contributed by atoms with van der Waals surface area (Å²) in [7, 11) is 0. The maximum atomic E-state index is 3.62. The molecule has 1 N–H and O–H groups in total. The van der Waals surface area contributed by atoms with Gasteiger partial charge in [-0.15, -0.1) is 11.3 Å². The van der Waals surface area contributed by atoms with Gasteiger partial charge in [-0.1, -0.05) is 52.0 Å². The quantitative estimate of drug-likeness (QED) is 0.600. The molecular formula is C15H27NS. The molecule has 0 aliphatic heterocycles. The first-order valence-corrected chi connectivity index (χ1v) is 8.00. The van der Waals surface area contributed by atoms with Crippen molar-refractivity contribution in [3.05, 3.63) is 22.4 Å². The highest BCUT2D eigenvalue weighted by Crippen LogP contribution is 2.15. The van der Waals surface area contributed by atoms with Crippen molar-refractivity contribution in [1.29, 1.82) is 0 Å². The smallest absolute Gasteiger partial charge is 0.0115 e. The monoisotopic (exact) mass is 253 g/mol. The summed E-state index contributed by atoms with van der Waals surface area (Å²) < 4.78 is 0. The van der Waals surface area contributed by atoms with Crippen LogP contribution in [0, 0.1) is 0 Å². The van der Waals surface area contributed by atoms with E-state index < -0.39 is 0 Å². The van der Waals surface area contributed by atoms with Gasteiger partial charge in [0.25, 0.3) is 0 Å². The molecule has 0 aliphatic rings. The highest BCUT2D eigenvalue weighted by Gasteiger charge is 2.08. The zero-order valence-corrected chi connectivity index (χ0v) is 12.2. The van der Waals surface area contributed by atoms with E-state index in [1.165, 1.54) is 49.8 Å². The van der Waals surface area contributed by atoms with Crippen molar-refractivity contribution < 1.29 is 0 Å². The van der Waals surface area contributed by atoms with Crippen LogP contribution in [0.15, 0.2) is 17.5 Å². The van der Waals surface area contributed by atoms with Crippen molar-refractivity contribution in [3.8, 4) is 0 Å². The molecule has 98 valence electrons. The van der Waals surface area contributed by atoms with E-state index in [1.54, 1.807) is 0 Å².